The highest BCUT2D eigenvalue weighted by Crippen LogP contribution is 2.26. The number of hydrogen-bond donors (Lipinski definition) is 1. The summed E-state index contributed by atoms with van der Waals surface area (Å²) in [6.07, 6.45) is 5.98. The van der Waals surface area contributed by atoms with E-state index in [2.05, 4.69) is 55.6 Å². The summed E-state index contributed by atoms with van der Waals surface area (Å²) in [6.45, 7) is 3.14. The molecule has 1 unspecified atom stereocenters. The van der Waals surface area contributed by atoms with Crippen LogP contribution < -0.4 is 5.32 Å². The number of hydrogen-bond acceptors (Lipinski definition) is 5. The van der Waals surface area contributed by atoms with Crippen molar-refractivity contribution < 1.29 is 0 Å². The third-order valence-corrected chi connectivity index (χ3v) is 4.76. The Bertz CT molecular complexity index is 807. The number of benzene rings is 1. The van der Waals surface area contributed by atoms with Crippen LogP contribution in [0.5, 0.6) is 0 Å². The highest BCUT2D eigenvalue weighted by atomic mass is 15.3. The van der Waals surface area contributed by atoms with Crippen molar-refractivity contribution >= 4 is 16.9 Å². The lowest BCUT2D eigenvalue weighted by Gasteiger charge is -2.28. The molecule has 1 aliphatic rings. The van der Waals surface area contributed by atoms with E-state index in [1.165, 1.54) is 18.4 Å². The molecule has 6 heteroatoms. The fourth-order valence-electron chi connectivity index (χ4n) is 3.48. The molecule has 0 aliphatic carbocycles. The van der Waals surface area contributed by atoms with Crippen molar-refractivity contribution in [2.75, 3.05) is 25.0 Å². The summed E-state index contributed by atoms with van der Waals surface area (Å²) in [4.78, 5) is 11.3. The normalized spacial score (nSPS) is 16.5. The zero-order valence-corrected chi connectivity index (χ0v) is 13.9. The summed E-state index contributed by atoms with van der Waals surface area (Å²) >= 11 is 0. The molecule has 1 atom stereocenters. The Hall–Kier alpha value is -2.47. The van der Waals surface area contributed by atoms with Gasteiger partial charge in [-0.1, -0.05) is 30.3 Å². The molecule has 0 amide bonds. The van der Waals surface area contributed by atoms with E-state index in [-0.39, 0.29) is 0 Å². The van der Waals surface area contributed by atoms with E-state index in [4.69, 9.17) is 0 Å². The van der Waals surface area contributed by atoms with Crippen LogP contribution in [0.1, 0.15) is 24.4 Å². The van der Waals surface area contributed by atoms with Crippen LogP contribution in [0.25, 0.3) is 11.0 Å². The molecule has 1 fully saturated rings. The molecule has 2 aromatic heterocycles. The number of likely N-dealkylation sites (tertiary alicyclic amines) is 1. The number of anilines is 1. The molecular weight excluding hydrogens is 300 g/mol. The molecule has 3 heterocycles. The van der Waals surface area contributed by atoms with Gasteiger partial charge in [0.15, 0.2) is 5.65 Å². The molecule has 1 N–H and O–H groups in total. The Morgan fingerprint density at radius 2 is 1.92 bits per heavy atom. The maximum Gasteiger partial charge on any atom is 0.163 e. The second-order valence-corrected chi connectivity index (χ2v) is 6.28. The van der Waals surface area contributed by atoms with E-state index >= 15 is 0 Å². The molecule has 124 valence electrons. The summed E-state index contributed by atoms with van der Waals surface area (Å²) in [7, 11) is 1.90. The third kappa shape index (κ3) is 2.85. The van der Waals surface area contributed by atoms with E-state index in [0.29, 0.717) is 6.04 Å². The van der Waals surface area contributed by atoms with Crippen LogP contribution in [0, 0.1) is 0 Å². The van der Waals surface area contributed by atoms with Gasteiger partial charge in [-0.25, -0.2) is 9.97 Å². The predicted octanol–water partition coefficient (Wildman–Crippen LogP) is 2.61. The van der Waals surface area contributed by atoms with Crippen molar-refractivity contribution in [3.63, 3.8) is 0 Å². The Kier molecular flexibility index (Phi) is 4.13. The topological polar surface area (TPSA) is 58.9 Å². The van der Waals surface area contributed by atoms with Gasteiger partial charge in [0.05, 0.1) is 17.6 Å². The number of fused-ring (bicyclic) bond motifs is 1. The number of nitrogens with one attached hydrogen (secondary N) is 1. The Labute approximate surface area is 141 Å². The van der Waals surface area contributed by atoms with Gasteiger partial charge in [0.2, 0.25) is 0 Å². The quantitative estimate of drug-likeness (QED) is 0.782. The first-order chi connectivity index (χ1) is 11.8. The summed E-state index contributed by atoms with van der Waals surface area (Å²) in [5, 5.41) is 8.78. The van der Waals surface area contributed by atoms with Gasteiger partial charge in [-0.3, -0.25) is 9.58 Å². The fourth-order valence-corrected chi connectivity index (χ4v) is 3.48. The molecular formula is C18H22N6. The fraction of sp³-hybridized carbons (Fsp3) is 0.389. The molecule has 1 saturated heterocycles. The van der Waals surface area contributed by atoms with Crippen molar-refractivity contribution in [1.82, 2.24) is 24.6 Å². The van der Waals surface area contributed by atoms with Gasteiger partial charge in [0.1, 0.15) is 12.1 Å². The molecule has 0 spiro atoms. The predicted molar refractivity (Wildman–Crippen MR) is 94.8 cm³/mol. The smallest absolute Gasteiger partial charge is 0.163 e. The second kappa shape index (κ2) is 6.57. The molecule has 0 saturated carbocycles. The van der Waals surface area contributed by atoms with Crippen LogP contribution in [0.2, 0.25) is 0 Å². The van der Waals surface area contributed by atoms with Gasteiger partial charge in [-0.2, -0.15) is 5.10 Å². The minimum atomic E-state index is 0.357. The maximum absolute atomic E-state index is 4.42. The minimum absolute atomic E-state index is 0.357. The van der Waals surface area contributed by atoms with Crippen molar-refractivity contribution in [3.8, 4) is 0 Å². The summed E-state index contributed by atoms with van der Waals surface area (Å²) in [5.41, 5.74) is 2.20. The number of nitrogens with zero attached hydrogens (tertiary/aromatic N) is 5. The van der Waals surface area contributed by atoms with Crippen LogP contribution in [0.15, 0.2) is 42.9 Å². The molecule has 4 rings (SSSR count). The third-order valence-electron chi connectivity index (χ3n) is 4.76. The molecule has 24 heavy (non-hydrogen) atoms. The summed E-state index contributed by atoms with van der Waals surface area (Å²) in [5.74, 6) is 0.855. The van der Waals surface area contributed by atoms with E-state index in [1.54, 1.807) is 11.0 Å². The van der Waals surface area contributed by atoms with E-state index < -0.39 is 0 Å². The van der Waals surface area contributed by atoms with Crippen LogP contribution in [0.3, 0.4) is 0 Å². The largest absolute Gasteiger partial charge is 0.367 e. The van der Waals surface area contributed by atoms with Crippen molar-refractivity contribution in [2.45, 2.75) is 18.9 Å². The molecule has 0 radical (unpaired) electrons. The lowest BCUT2D eigenvalue weighted by molar-refractivity contribution is 0.256. The van der Waals surface area contributed by atoms with Gasteiger partial charge < -0.3 is 5.32 Å². The molecule has 1 aliphatic heterocycles. The molecule has 1 aromatic carbocycles. The molecule has 3 aromatic rings. The van der Waals surface area contributed by atoms with Gasteiger partial charge >= 0.3 is 0 Å². The van der Waals surface area contributed by atoms with Crippen molar-refractivity contribution in [2.24, 2.45) is 7.05 Å². The first kappa shape index (κ1) is 15.1. The Morgan fingerprint density at radius 3 is 2.71 bits per heavy atom. The summed E-state index contributed by atoms with van der Waals surface area (Å²) in [6, 6.07) is 11.1. The zero-order chi connectivity index (χ0) is 16.4. The Morgan fingerprint density at radius 1 is 1.12 bits per heavy atom. The SMILES string of the molecule is Cn1ncc2c(NCC(c3ccccc3)N3CCCC3)ncnc21. The lowest BCUT2D eigenvalue weighted by atomic mass is 10.1. The summed E-state index contributed by atoms with van der Waals surface area (Å²) < 4.78 is 1.78. The minimum Gasteiger partial charge on any atom is -0.367 e. The lowest BCUT2D eigenvalue weighted by Crippen LogP contribution is -2.31. The van der Waals surface area contributed by atoms with Gasteiger partial charge in [0, 0.05) is 13.6 Å². The molecule has 0 bridgehead atoms. The highest BCUT2D eigenvalue weighted by molar-refractivity contribution is 5.85. The van der Waals surface area contributed by atoms with Crippen LogP contribution >= 0.6 is 0 Å². The zero-order valence-electron chi connectivity index (χ0n) is 13.9. The van der Waals surface area contributed by atoms with Gasteiger partial charge in [0.25, 0.3) is 0 Å². The Balaban J connectivity index is 1.58. The van der Waals surface area contributed by atoms with Gasteiger partial charge in [-0.15, -0.1) is 0 Å². The van der Waals surface area contributed by atoms with Crippen molar-refractivity contribution in [1.29, 1.82) is 0 Å². The maximum atomic E-state index is 4.42. The average molecular weight is 322 g/mol. The van der Waals surface area contributed by atoms with Crippen molar-refractivity contribution in [3.05, 3.63) is 48.4 Å². The first-order valence-corrected chi connectivity index (χ1v) is 8.48. The standard InChI is InChI=1S/C18H22N6/c1-23-18-15(11-22-23)17(20-13-21-18)19-12-16(24-9-5-6-10-24)14-7-3-2-4-8-14/h2-4,7-8,11,13,16H,5-6,9-10,12H2,1H3,(H,19,20,21). The average Bonchev–Trinajstić information content (AvgIpc) is 3.27. The monoisotopic (exact) mass is 322 g/mol. The number of rotatable bonds is 5. The highest BCUT2D eigenvalue weighted by Gasteiger charge is 2.23. The van der Waals surface area contributed by atoms with E-state index in [9.17, 15) is 0 Å². The first-order valence-electron chi connectivity index (χ1n) is 8.48. The van der Waals surface area contributed by atoms with Crippen LogP contribution in [-0.4, -0.2) is 44.3 Å². The van der Waals surface area contributed by atoms with Crippen LogP contribution in [-0.2, 0) is 7.05 Å². The van der Waals surface area contributed by atoms with E-state index in [0.717, 1.165) is 36.5 Å². The van der Waals surface area contributed by atoms with E-state index in [1.807, 2.05) is 13.2 Å². The number of aromatic nitrogens is 4. The van der Waals surface area contributed by atoms with Gasteiger partial charge in [-0.05, 0) is 31.5 Å². The second-order valence-electron chi connectivity index (χ2n) is 6.28. The molecule has 6 nitrogen and oxygen atoms in total. The number of aryl methyl sites for hydroxylation is 1. The van der Waals surface area contributed by atoms with Crippen LogP contribution in [0.4, 0.5) is 5.82 Å².